The monoisotopic (exact) mass is 413 g/mol. The summed E-state index contributed by atoms with van der Waals surface area (Å²) in [7, 11) is -4.52. The first-order chi connectivity index (χ1) is 13.0. The number of rotatable bonds is 6. The molecule has 0 spiro atoms. The second-order valence-electron chi connectivity index (χ2n) is 9.08. The molecule has 1 aromatic rings. The Hall–Kier alpha value is -1.34. The maximum absolute atomic E-state index is 13.9. The molecule has 0 saturated heterocycles. The summed E-state index contributed by atoms with van der Waals surface area (Å²) in [5.41, 5.74) is -1.45. The maximum atomic E-state index is 13.9. The highest BCUT2D eigenvalue weighted by Crippen LogP contribution is 2.47. The lowest BCUT2D eigenvalue weighted by atomic mass is 9.61. The van der Waals surface area contributed by atoms with Gasteiger partial charge in [-0.1, -0.05) is 32.3 Å². The number of hydrogen-bond acceptors (Lipinski definition) is 3. The van der Waals surface area contributed by atoms with Gasteiger partial charge in [0, 0.05) is 6.42 Å². The van der Waals surface area contributed by atoms with E-state index in [9.17, 15) is 22.0 Å². The third kappa shape index (κ3) is 4.30. The van der Waals surface area contributed by atoms with Crippen LogP contribution in [0.3, 0.4) is 0 Å². The van der Waals surface area contributed by atoms with Gasteiger partial charge >= 0.3 is 0 Å². The Morgan fingerprint density at radius 2 is 1.82 bits per heavy atom. The smallest absolute Gasteiger partial charge is 0.247 e. The predicted octanol–water partition coefficient (Wildman–Crippen LogP) is 4.44. The lowest BCUT2D eigenvalue weighted by Gasteiger charge is -2.44. The Bertz CT molecular complexity index is 831. The van der Waals surface area contributed by atoms with Gasteiger partial charge in [-0.15, -0.1) is 0 Å². The van der Waals surface area contributed by atoms with Gasteiger partial charge in [0.25, 0.3) is 0 Å². The van der Waals surface area contributed by atoms with Crippen molar-refractivity contribution in [2.45, 2.75) is 69.7 Å². The first-order valence-electron chi connectivity index (χ1n) is 10.0. The molecule has 3 rings (SSSR count). The minimum absolute atomic E-state index is 0.234. The van der Waals surface area contributed by atoms with E-state index in [1.54, 1.807) is 0 Å². The summed E-state index contributed by atoms with van der Waals surface area (Å²) in [5.74, 6) is -0.690. The summed E-state index contributed by atoms with van der Waals surface area (Å²) in [4.78, 5) is 12.0. The molecule has 2 aliphatic rings. The number of sulfonamides is 1. The average molecular weight is 414 g/mol. The van der Waals surface area contributed by atoms with Gasteiger partial charge in [0.05, 0.1) is 5.54 Å². The Kier molecular flexibility index (Phi) is 5.97. The van der Waals surface area contributed by atoms with Crippen molar-refractivity contribution in [2.75, 3.05) is 0 Å². The third-order valence-corrected chi connectivity index (χ3v) is 8.27. The highest BCUT2D eigenvalue weighted by atomic mass is 32.2. The van der Waals surface area contributed by atoms with E-state index >= 15 is 0 Å². The Labute approximate surface area is 166 Å². The van der Waals surface area contributed by atoms with Crippen molar-refractivity contribution >= 4 is 15.8 Å². The highest BCUT2D eigenvalue weighted by Gasteiger charge is 2.42. The molecule has 7 heteroatoms. The number of halogens is 2. The molecule has 1 aromatic carbocycles. The van der Waals surface area contributed by atoms with E-state index in [0.29, 0.717) is 11.8 Å². The summed E-state index contributed by atoms with van der Waals surface area (Å²) >= 11 is 0. The lowest BCUT2D eigenvalue weighted by Crippen LogP contribution is -2.51. The molecule has 2 saturated carbocycles. The molecule has 2 aliphatic carbocycles. The zero-order valence-corrected chi connectivity index (χ0v) is 17.5. The zero-order valence-electron chi connectivity index (χ0n) is 16.7. The molecule has 0 amide bonds. The van der Waals surface area contributed by atoms with Crippen LogP contribution >= 0.6 is 0 Å². The van der Waals surface area contributed by atoms with Gasteiger partial charge in [0.15, 0.2) is 10.7 Å². The van der Waals surface area contributed by atoms with Crippen molar-refractivity contribution < 1.29 is 22.0 Å². The van der Waals surface area contributed by atoms with Gasteiger partial charge in [-0.2, -0.15) is 4.72 Å². The van der Waals surface area contributed by atoms with Crippen LogP contribution in [-0.4, -0.2) is 19.7 Å². The topological polar surface area (TPSA) is 63.2 Å². The fourth-order valence-electron chi connectivity index (χ4n) is 5.12. The average Bonchev–Trinajstić information content (AvgIpc) is 2.57. The van der Waals surface area contributed by atoms with Crippen molar-refractivity contribution in [2.24, 2.45) is 23.7 Å². The number of fused-ring (bicyclic) bond motifs is 2. The SMILES string of the molecule is CC1CC2CCCC(C2)C1CC(=O)C(C)(C)NS(=O)(=O)c1c(F)cccc1F. The molecule has 156 valence electrons. The van der Waals surface area contributed by atoms with Crippen molar-refractivity contribution in [3.8, 4) is 0 Å². The molecule has 28 heavy (non-hydrogen) atoms. The quantitative estimate of drug-likeness (QED) is 0.750. The largest absolute Gasteiger partial charge is 0.298 e. The van der Waals surface area contributed by atoms with Gasteiger partial charge in [-0.25, -0.2) is 17.2 Å². The fraction of sp³-hybridized carbons (Fsp3) is 0.667. The summed E-state index contributed by atoms with van der Waals surface area (Å²) in [5, 5.41) is 0. The third-order valence-electron chi connectivity index (χ3n) is 6.56. The van der Waals surface area contributed by atoms with Crippen LogP contribution in [-0.2, 0) is 14.8 Å². The van der Waals surface area contributed by atoms with E-state index in [-0.39, 0.29) is 18.1 Å². The van der Waals surface area contributed by atoms with Crippen molar-refractivity contribution in [3.63, 3.8) is 0 Å². The van der Waals surface area contributed by atoms with Crippen LogP contribution in [0.1, 0.15) is 59.3 Å². The van der Waals surface area contributed by atoms with Crippen LogP contribution in [0.2, 0.25) is 0 Å². The van der Waals surface area contributed by atoms with E-state index in [1.165, 1.54) is 26.7 Å². The summed E-state index contributed by atoms with van der Waals surface area (Å²) < 4.78 is 55.3. The van der Waals surface area contributed by atoms with E-state index in [2.05, 4.69) is 11.6 Å². The van der Waals surface area contributed by atoms with Crippen molar-refractivity contribution in [1.82, 2.24) is 4.72 Å². The molecular formula is C21H29F2NO3S. The predicted molar refractivity (Wildman–Crippen MR) is 103 cm³/mol. The van der Waals surface area contributed by atoms with Gasteiger partial charge in [-0.3, -0.25) is 4.79 Å². The van der Waals surface area contributed by atoms with E-state index in [4.69, 9.17) is 0 Å². The fourth-order valence-corrected chi connectivity index (χ4v) is 6.66. The summed E-state index contributed by atoms with van der Waals surface area (Å²) in [6.07, 6.45) is 6.12. The minimum atomic E-state index is -4.52. The highest BCUT2D eigenvalue weighted by molar-refractivity contribution is 7.89. The molecule has 4 atom stereocenters. The van der Waals surface area contributed by atoms with Crippen molar-refractivity contribution in [3.05, 3.63) is 29.8 Å². The molecule has 2 fully saturated rings. The van der Waals surface area contributed by atoms with Gasteiger partial charge in [0.2, 0.25) is 10.0 Å². The first-order valence-corrected chi connectivity index (χ1v) is 11.5. The Morgan fingerprint density at radius 3 is 2.46 bits per heavy atom. The molecule has 0 radical (unpaired) electrons. The van der Waals surface area contributed by atoms with E-state index < -0.39 is 32.1 Å². The normalized spacial score (nSPS) is 28.2. The van der Waals surface area contributed by atoms with Gasteiger partial charge in [-0.05, 0) is 62.5 Å². The van der Waals surface area contributed by atoms with Gasteiger partial charge in [0.1, 0.15) is 11.6 Å². The number of benzene rings is 1. The second kappa shape index (κ2) is 7.82. The summed E-state index contributed by atoms with van der Waals surface area (Å²) in [6.45, 7) is 5.10. The lowest BCUT2D eigenvalue weighted by molar-refractivity contribution is -0.126. The number of hydrogen-bond donors (Lipinski definition) is 1. The van der Waals surface area contributed by atoms with Crippen LogP contribution < -0.4 is 4.72 Å². The van der Waals surface area contributed by atoms with Crippen LogP contribution in [0, 0.1) is 35.3 Å². The Balaban J connectivity index is 1.76. The molecule has 4 unspecified atom stereocenters. The molecule has 0 heterocycles. The standard InChI is InChI=1S/C21H29F2NO3S/c1-13-10-14-6-4-7-15(11-14)16(13)12-19(25)21(2,3)24-28(26,27)20-17(22)8-5-9-18(20)23/h5,8-9,13-16,24H,4,6-7,10-12H2,1-3H3. The zero-order chi connectivity index (χ0) is 20.7. The minimum Gasteiger partial charge on any atom is -0.298 e. The van der Waals surface area contributed by atoms with Crippen molar-refractivity contribution in [1.29, 1.82) is 0 Å². The molecule has 0 aliphatic heterocycles. The number of Topliss-reactive ketones (excluding diaryl/α,β-unsaturated/α-hetero) is 1. The number of carbonyl (C=O) groups excluding carboxylic acids is 1. The van der Waals surface area contributed by atoms with Crippen LogP contribution in [0.25, 0.3) is 0 Å². The molecule has 1 N–H and O–H groups in total. The number of ketones is 1. The first kappa shape index (κ1) is 21.4. The van der Waals surface area contributed by atoms with Gasteiger partial charge < -0.3 is 0 Å². The van der Waals surface area contributed by atoms with Crippen LogP contribution in [0.4, 0.5) is 8.78 Å². The maximum Gasteiger partial charge on any atom is 0.247 e. The Morgan fingerprint density at radius 1 is 1.18 bits per heavy atom. The molecule has 2 bridgehead atoms. The molecule has 0 aromatic heterocycles. The van der Waals surface area contributed by atoms with Crippen LogP contribution in [0.15, 0.2) is 23.1 Å². The second-order valence-corrected chi connectivity index (χ2v) is 10.7. The molecular weight excluding hydrogens is 384 g/mol. The molecule has 4 nitrogen and oxygen atoms in total. The van der Waals surface area contributed by atoms with E-state index in [1.807, 2.05) is 0 Å². The van der Waals surface area contributed by atoms with Crippen LogP contribution in [0.5, 0.6) is 0 Å². The number of carbonyl (C=O) groups is 1. The number of nitrogens with one attached hydrogen (secondary N) is 1. The van der Waals surface area contributed by atoms with E-state index in [0.717, 1.165) is 43.4 Å². The summed E-state index contributed by atoms with van der Waals surface area (Å²) in [6, 6.07) is 2.87.